The number of aliphatic carboxylic acids is 1. The molecule has 22 heavy (non-hydrogen) atoms. The number of allylic oxidation sites excluding steroid dienone is 1. The number of carboxylic acid groups (broad SMARTS) is 1. The lowest BCUT2D eigenvalue weighted by molar-refractivity contribution is -0.148. The summed E-state index contributed by atoms with van der Waals surface area (Å²) in [5.74, 6) is -2.00. The highest BCUT2D eigenvalue weighted by Crippen LogP contribution is 2.07. The number of hydrogen-bond donors (Lipinski definition) is 3. The SMILES string of the molecule is CC(CN)S(=O)(=O)O.CC=CC(=O)OCC(CCC)C(=O)O. The van der Waals surface area contributed by atoms with Crippen LogP contribution in [-0.2, 0) is 24.4 Å². The van der Waals surface area contributed by atoms with Crippen LogP contribution in [0.3, 0.4) is 0 Å². The van der Waals surface area contributed by atoms with Gasteiger partial charge in [0.2, 0.25) is 0 Å². The molecule has 4 N–H and O–H groups in total. The van der Waals surface area contributed by atoms with E-state index in [-0.39, 0.29) is 13.2 Å². The second-order valence-corrected chi connectivity index (χ2v) is 6.35. The van der Waals surface area contributed by atoms with Gasteiger partial charge in [0.25, 0.3) is 10.1 Å². The number of esters is 1. The third kappa shape index (κ3) is 12.3. The molecular weight excluding hydrogens is 314 g/mol. The summed E-state index contributed by atoms with van der Waals surface area (Å²) in [6.07, 6.45) is 4.11. The molecule has 2 unspecified atom stereocenters. The zero-order valence-electron chi connectivity index (χ0n) is 13.1. The highest BCUT2D eigenvalue weighted by Gasteiger charge is 2.17. The lowest BCUT2D eigenvalue weighted by Crippen LogP contribution is -2.25. The lowest BCUT2D eigenvalue weighted by atomic mass is 10.1. The first-order valence-corrected chi connectivity index (χ1v) is 8.28. The van der Waals surface area contributed by atoms with Crippen LogP contribution >= 0.6 is 0 Å². The second kappa shape index (κ2) is 12.1. The van der Waals surface area contributed by atoms with Crippen molar-refractivity contribution in [1.29, 1.82) is 0 Å². The molecular formula is C13H25NO7S. The summed E-state index contributed by atoms with van der Waals surface area (Å²) in [6.45, 7) is 4.84. The van der Waals surface area contributed by atoms with E-state index in [4.69, 9.17) is 20.1 Å². The zero-order chi connectivity index (χ0) is 17.8. The van der Waals surface area contributed by atoms with Crippen molar-refractivity contribution in [1.82, 2.24) is 0 Å². The fraction of sp³-hybridized carbons (Fsp3) is 0.692. The average molecular weight is 339 g/mol. The summed E-state index contributed by atoms with van der Waals surface area (Å²) in [5, 5.41) is 7.89. The first-order valence-electron chi connectivity index (χ1n) is 6.78. The van der Waals surface area contributed by atoms with Gasteiger partial charge in [-0.3, -0.25) is 9.35 Å². The predicted octanol–water partition coefficient (Wildman–Crippen LogP) is 0.828. The van der Waals surface area contributed by atoms with Gasteiger partial charge in [0, 0.05) is 12.6 Å². The minimum Gasteiger partial charge on any atom is -0.481 e. The van der Waals surface area contributed by atoms with Crippen LogP contribution in [0.5, 0.6) is 0 Å². The molecule has 2 atom stereocenters. The lowest BCUT2D eigenvalue weighted by Gasteiger charge is -2.10. The first-order chi connectivity index (χ1) is 10.1. The van der Waals surface area contributed by atoms with Crippen molar-refractivity contribution in [2.24, 2.45) is 11.7 Å². The largest absolute Gasteiger partial charge is 0.481 e. The monoisotopic (exact) mass is 339 g/mol. The van der Waals surface area contributed by atoms with E-state index in [0.29, 0.717) is 6.42 Å². The van der Waals surface area contributed by atoms with Crippen LogP contribution in [-0.4, -0.2) is 48.4 Å². The van der Waals surface area contributed by atoms with Gasteiger partial charge in [0.05, 0.1) is 11.2 Å². The Hall–Kier alpha value is -1.45. The fourth-order valence-electron chi connectivity index (χ4n) is 1.12. The number of rotatable bonds is 8. The fourth-order valence-corrected chi connectivity index (χ4v) is 1.36. The summed E-state index contributed by atoms with van der Waals surface area (Å²) in [6, 6.07) is 0. The third-order valence-electron chi connectivity index (χ3n) is 2.56. The van der Waals surface area contributed by atoms with E-state index in [2.05, 4.69) is 0 Å². The van der Waals surface area contributed by atoms with Crippen molar-refractivity contribution >= 4 is 22.1 Å². The van der Waals surface area contributed by atoms with Crippen molar-refractivity contribution < 1.29 is 32.4 Å². The third-order valence-corrected chi connectivity index (χ3v) is 3.77. The zero-order valence-corrected chi connectivity index (χ0v) is 13.9. The number of ether oxygens (including phenoxy) is 1. The molecule has 0 spiro atoms. The van der Waals surface area contributed by atoms with Crippen LogP contribution in [0, 0.1) is 5.92 Å². The molecule has 0 rings (SSSR count). The topological polar surface area (TPSA) is 144 Å². The Morgan fingerprint density at radius 3 is 2.18 bits per heavy atom. The van der Waals surface area contributed by atoms with E-state index in [0.717, 1.165) is 6.42 Å². The molecule has 0 bridgehead atoms. The smallest absolute Gasteiger partial charge is 0.330 e. The number of carboxylic acids is 1. The van der Waals surface area contributed by atoms with E-state index in [1.54, 1.807) is 13.0 Å². The van der Waals surface area contributed by atoms with Crippen molar-refractivity contribution in [3.8, 4) is 0 Å². The maximum absolute atomic E-state index is 10.9. The highest BCUT2D eigenvalue weighted by molar-refractivity contribution is 7.86. The molecule has 0 saturated carbocycles. The molecule has 0 aromatic rings. The summed E-state index contributed by atoms with van der Waals surface area (Å²) >= 11 is 0. The molecule has 0 aliphatic carbocycles. The van der Waals surface area contributed by atoms with E-state index in [9.17, 15) is 18.0 Å². The number of carbonyl (C=O) groups excluding carboxylic acids is 1. The van der Waals surface area contributed by atoms with Gasteiger partial charge in [-0.2, -0.15) is 8.42 Å². The molecule has 130 valence electrons. The van der Waals surface area contributed by atoms with Gasteiger partial charge < -0.3 is 15.6 Å². The Labute approximate surface area is 131 Å². The van der Waals surface area contributed by atoms with Gasteiger partial charge in [0.15, 0.2) is 0 Å². The molecule has 0 fully saturated rings. The Morgan fingerprint density at radius 1 is 1.36 bits per heavy atom. The molecule has 9 heteroatoms. The molecule has 0 aromatic heterocycles. The van der Waals surface area contributed by atoms with Gasteiger partial charge >= 0.3 is 11.9 Å². The molecule has 0 aliphatic rings. The van der Waals surface area contributed by atoms with Crippen molar-refractivity contribution in [2.75, 3.05) is 13.2 Å². The van der Waals surface area contributed by atoms with Crippen LogP contribution in [0.4, 0.5) is 0 Å². The number of carbonyl (C=O) groups is 2. The summed E-state index contributed by atoms with van der Waals surface area (Å²) in [5.41, 5.74) is 4.92. The van der Waals surface area contributed by atoms with Gasteiger partial charge in [-0.15, -0.1) is 0 Å². The van der Waals surface area contributed by atoms with Crippen LogP contribution in [0.15, 0.2) is 12.2 Å². The van der Waals surface area contributed by atoms with E-state index in [1.165, 1.54) is 13.0 Å². The number of hydrogen-bond acceptors (Lipinski definition) is 6. The Morgan fingerprint density at radius 2 is 1.91 bits per heavy atom. The molecule has 0 heterocycles. The standard InChI is InChI=1S/C10H16O4.C3H9NO3S/c1-3-5-8(10(12)13)7-14-9(11)6-4-2;1-3(2-4)8(5,6)7/h4,6,8H,3,5,7H2,1-2H3,(H,12,13);3H,2,4H2,1H3,(H,5,6,7). The van der Waals surface area contributed by atoms with Gasteiger partial charge in [-0.25, -0.2) is 4.79 Å². The summed E-state index contributed by atoms with van der Waals surface area (Å²) in [7, 11) is -3.88. The van der Waals surface area contributed by atoms with Crippen LogP contribution in [0.2, 0.25) is 0 Å². The molecule has 8 nitrogen and oxygen atoms in total. The second-order valence-electron chi connectivity index (χ2n) is 4.52. The maximum Gasteiger partial charge on any atom is 0.330 e. The number of nitrogens with two attached hydrogens (primary N) is 1. The van der Waals surface area contributed by atoms with Crippen LogP contribution in [0.1, 0.15) is 33.6 Å². The summed E-state index contributed by atoms with van der Waals surface area (Å²) < 4.78 is 33.0. The molecule has 0 saturated heterocycles. The Kier molecular flexibility index (Phi) is 12.6. The van der Waals surface area contributed by atoms with Crippen molar-refractivity contribution in [3.05, 3.63) is 12.2 Å². The van der Waals surface area contributed by atoms with Gasteiger partial charge in [0.1, 0.15) is 6.61 Å². The maximum atomic E-state index is 10.9. The molecule has 0 radical (unpaired) electrons. The molecule has 0 amide bonds. The van der Waals surface area contributed by atoms with E-state index in [1.807, 2.05) is 6.92 Å². The Balaban J connectivity index is 0. The highest BCUT2D eigenvalue weighted by atomic mass is 32.2. The summed E-state index contributed by atoms with van der Waals surface area (Å²) in [4.78, 5) is 21.5. The minimum absolute atomic E-state index is 0.0428. The predicted molar refractivity (Wildman–Crippen MR) is 81.9 cm³/mol. The quantitative estimate of drug-likeness (QED) is 0.335. The first kappa shape index (κ1) is 22.8. The van der Waals surface area contributed by atoms with Crippen LogP contribution in [0.25, 0.3) is 0 Å². The molecule has 0 aromatic carbocycles. The van der Waals surface area contributed by atoms with Gasteiger partial charge in [-0.05, 0) is 20.3 Å². The van der Waals surface area contributed by atoms with Crippen molar-refractivity contribution in [2.45, 2.75) is 38.9 Å². The molecule has 0 aliphatic heterocycles. The minimum atomic E-state index is -3.88. The Bertz CT molecular complexity index is 459. The van der Waals surface area contributed by atoms with Gasteiger partial charge in [-0.1, -0.05) is 19.4 Å². The normalized spacial score (nSPS) is 13.9. The van der Waals surface area contributed by atoms with Crippen molar-refractivity contribution in [3.63, 3.8) is 0 Å². The van der Waals surface area contributed by atoms with E-state index >= 15 is 0 Å². The van der Waals surface area contributed by atoms with E-state index < -0.39 is 33.2 Å². The average Bonchev–Trinajstić information content (AvgIpc) is 2.42. The van der Waals surface area contributed by atoms with Crippen LogP contribution < -0.4 is 5.73 Å².